The maximum absolute atomic E-state index is 14.1. The van der Waals surface area contributed by atoms with Gasteiger partial charge in [0.2, 0.25) is 5.91 Å². The highest BCUT2D eigenvalue weighted by Crippen LogP contribution is 2.29. The molecule has 0 bridgehead atoms. The lowest BCUT2D eigenvalue weighted by molar-refractivity contribution is -0.158. The topological polar surface area (TPSA) is 71.0 Å². The molecule has 0 spiro atoms. The van der Waals surface area contributed by atoms with Gasteiger partial charge in [0.25, 0.3) is 0 Å². The molecule has 0 radical (unpaired) electrons. The van der Waals surface area contributed by atoms with Crippen molar-refractivity contribution in [2.75, 3.05) is 26.3 Å². The van der Waals surface area contributed by atoms with Crippen molar-refractivity contribution in [3.8, 4) is 0 Å². The minimum absolute atomic E-state index is 0.00801. The smallest absolute Gasteiger partial charge is 0.222 e. The monoisotopic (exact) mass is 380 g/mol. The minimum Gasteiger partial charge on any atom is -0.389 e. The van der Waals surface area contributed by atoms with Crippen molar-refractivity contribution < 1.29 is 23.8 Å². The van der Waals surface area contributed by atoms with Gasteiger partial charge in [0.05, 0.1) is 37.9 Å². The first-order chi connectivity index (χ1) is 13.1. The Balaban J connectivity index is 1.70. The molecular formula is C20H29FN2O4. The molecule has 7 heteroatoms. The fraction of sp³-hybridized carbons (Fsp3) is 0.650. The Hall–Kier alpha value is -1.54. The number of benzene rings is 1. The number of carbonyl (C=O) groups is 1. The lowest BCUT2D eigenvalue weighted by Gasteiger charge is -2.44. The van der Waals surface area contributed by atoms with Gasteiger partial charge in [0, 0.05) is 31.2 Å². The van der Waals surface area contributed by atoms with Crippen LogP contribution in [-0.4, -0.2) is 66.6 Å². The summed E-state index contributed by atoms with van der Waals surface area (Å²) in [6, 6.07) is 6.74. The van der Waals surface area contributed by atoms with Gasteiger partial charge >= 0.3 is 0 Å². The van der Waals surface area contributed by atoms with Crippen molar-refractivity contribution in [1.82, 2.24) is 10.2 Å². The maximum atomic E-state index is 14.1. The summed E-state index contributed by atoms with van der Waals surface area (Å²) in [6.07, 6.45) is 0.957. The van der Waals surface area contributed by atoms with Crippen molar-refractivity contribution in [2.45, 2.75) is 57.1 Å². The molecule has 0 aliphatic carbocycles. The predicted octanol–water partition coefficient (Wildman–Crippen LogP) is 1.46. The van der Waals surface area contributed by atoms with Gasteiger partial charge in [-0.25, -0.2) is 4.39 Å². The van der Waals surface area contributed by atoms with E-state index in [0.29, 0.717) is 38.2 Å². The Morgan fingerprint density at radius 1 is 1.33 bits per heavy atom. The highest BCUT2D eigenvalue weighted by Gasteiger charge is 2.38. The summed E-state index contributed by atoms with van der Waals surface area (Å²) < 4.78 is 25.9. The molecular weight excluding hydrogens is 351 g/mol. The third kappa shape index (κ3) is 5.48. The number of ether oxygens (including phenoxy) is 2. The quantitative estimate of drug-likeness (QED) is 0.809. The van der Waals surface area contributed by atoms with Crippen LogP contribution in [0.25, 0.3) is 0 Å². The van der Waals surface area contributed by atoms with E-state index < -0.39 is 6.10 Å². The molecule has 6 nitrogen and oxygen atoms in total. The molecule has 150 valence electrons. The molecule has 4 atom stereocenters. The van der Waals surface area contributed by atoms with E-state index in [0.717, 1.165) is 12.8 Å². The average molecular weight is 380 g/mol. The second-order valence-electron chi connectivity index (χ2n) is 7.31. The number of hydrogen-bond acceptors (Lipinski definition) is 5. The molecule has 1 aromatic carbocycles. The van der Waals surface area contributed by atoms with E-state index in [2.05, 4.69) is 10.2 Å². The van der Waals surface area contributed by atoms with Crippen LogP contribution in [0, 0.1) is 5.82 Å². The molecule has 2 heterocycles. The standard InChI is InChI=1S/C20H29FN2O4/c1-2-22-20(25)9-16-7-8-18-19(27-16)13-26-12-15(24)11-23(18)10-14-5-3-4-6-17(14)21/h3-6,15-16,18-19,24H,2,7-13H2,1H3,(H,22,25)/t15-,16+,18-,19+/m0/s1. The Bertz CT molecular complexity index is 630. The van der Waals surface area contributed by atoms with Crippen LogP contribution in [0.4, 0.5) is 4.39 Å². The molecule has 2 N–H and O–H groups in total. The molecule has 2 fully saturated rings. The molecule has 2 aliphatic rings. The van der Waals surface area contributed by atoms with Crippen molar-refractivity contribution in [3.63, 3.8) is 0 Å². The number of fused-ring (bicyclic) bond motifs is 1. The third-order valence-electron chi connectivity index (χ3n) is 5.21. The first-order valence-electron chi connectivity index (χ1n) is 9.72. The van der Waals surface area contributed by atoms with Crippen molar-refractivity contribution in [1.29, 1.82) is 0 Å². The highest BCUT2D eigenvalue weighted by molar-refractivity contribution is 5.76. The van der Waals surface area contributed by atoms with Gasteiger partial charge in [-0.3, -0.25) is 9.69 Å². The fourth-order valence-corrected chi connectivity index (χ4v) is 3.95. The van der Waals surface area contributed by atoms with Crippen LogP contribution in [0.1, 0.15) is 31.7 Å². The van der Waals surface area contributed by atoms with Gasteiger partial charge in [-0.1, -0.05) is 18.2 Å². The summed E-state index contributed by atoms with van der Waals surface area (Å²) in [5.74, 6) is -0.251. The van der Waals surface area contributed by atoms with Crippen LogP contribution in [0.2, 0.25) is 0 Å². The van der Waals surface area contributed by atoms with Gasteiger partial charge in [-0.2, -0.15) is 0 Å². The third-order valence-corrected chi connectivity index (χ3v) is 5.21. The highest BCUT2D eigenvalue weighted by atomic mass is 19.1. The Morgan fingerprint density at radius 3 is 2.93 bits per heavy atom. The van der Waals surface area contributed by atoms with E-state index in [9.17, 15) is 14.3 Å². The Kier molecular flexibility index (Phi) is 7.18. The van der Waals surface area contributed by atoms with Gasteiger partial charge in [-0.05, 0) is 25.8 Å². The van der Waals surface area contributed by atoms with Crippen molar-refractivity contribution >= 4 is 5.91 Å². The van der Waals surface area contributed by atoms with Gasteiger partial charge in [0.1, 0.15) is 5.82 Å². The lowest BCUT2D eigenvalue weighted by atomic mass is 9.94. The molecule has 1 aromatic rings. The number of nitrogens with one attached hydrogen (secondary N) is 1. The Morgan fingerprint density at radius 2 is 2.15 bits per heavy atom. The van der Waals surface area contributed by atoms with E-state index in [-0.39, 0.29) is 36.6 Å². The number of nitrogens with zero attached hydrogens (tertiary/aromatic N) is 1. The van der Waals surface area contributed by atoms with Crippen molar-refractivity contribution in [2.24, 2.45) is 0 Å². The normalized spacial score (nSPS) is 29.4. The first kappa shape index (κ1) is 20.2. The number of carbonyl (C=O) groups excluding carboxylic acids is 1. The van der Waals surface area contributed by atoms with Gasteiger partial charge < -0.3 is 19.9 Å². The molecule has 2 saturated heterocycles. The van der Waals surface area contributed by atoms with Crippen LogP contribution in [0.3, 0.4) is 0 Å². The van der Waals surface area contributed by atoms with Crippen LogP contribution in [0.15, 0.2) is 24.3 Å². The van der Waals surface area contributed by atoms with Crippen LogP contribution in [0.5, 0.6) is 0 Å². The summed E-state index contributed by atoms with van der Waals surface area (Å²) in [6.45, 7) is 3.90. The molecule has 2 aliphatic heterocycles. The molecule has 27 heavy (non-hydrogen) atoms. The van der Waals surface area contributed by atoms with Gasteiger partial charge in [0.15, 0.2) is 0 Å². The van der Waals surface area contributed by atoms with E-state index in [1.807, 2.05) is 13.0 Å². The maximum Gasteiger partial charge on any atom is 0.222 e. The number of aliphatic hydroxyl groups excluding tert-OH is 1. The van der Waals surface area contributed by atoms with Gasteiger partial charge in [-0.15, -0.1) is 0 Å². The number of hydrogen-bond donors (Lipinski definition) is 2. The van der Waals surface area contributed by atoms with E-state index in [1.54, 1.807) is 12.1 Å². The van der Waals surface area contributed by atoms with Crippen molar-refractivity contribution in [3.05, 3.63) is 35.6 Å². The summed E-state index contributed by atoms with van der Waals surface area (Å²) in [4.78, 5) is 14.0. The summed E-state index contributed by atoms with van der Waals surface area (Å²) >= 11 is 0. The zero-order valence-corrected chi connectivity index (χ0v) is 15.8. The molecule has 0 unspecified atom stereocenters. The zero-order chi connectivity index (χ0) is 19.2. The number of amides is 1. The predicted molar refractivity (Wildman–Crippen MR) is 98.6 cm³/mol. The summed E-state index contributed by atoms with van der Waals surface area (Å²) in [5, 5.41) is 13.0. The second kappa shape index (κ2) is 9.59. The molecule has 3 rings (SSSR count). The molecule has 0 aromatic heterocycles. The number of aliphatic hydroxyl groups is 1. The van der Waals surface area contributed by atoms with Crippen LogP contribution in [-0.2, 0) is 20.8 Å². The number of β-amino-alcohol motifs (C(OH)–C–C–N with tert-alkyl or cyclic N) is 1. The molecule has 1 amide bonds. The molecule has 0 saturated carbocycles. The Labute approximate surface area is 159 Å². The van der Waals surface area contributed by atoms with E-state index >= 15 is 0 Å². The lowest BCUT2D eigenvalue weighted by Crippen LogP contribution is -2.55. The van der Waals surface area contributed by atoms with Crippen LogP contribution < -0.4 is 5.32 Å². The van der Waals surface area contributed by atoms with E-state index in [1.165, 1.54) is 6.07 Å². The average Bonchev–Trinajstić information content (AvgIpc) is 2.62. The van der Waals surface area contributed by atoms with Crippen LogP contribution >= 0.6 is 0 Å². The second-order valence-corrected chi connectivity index (χ2v) is 7.31. The first-order valence-corrected chi connectivity index (χ1v) is 9.72. The van der Waals surface area contributed by atoms with E-state index in [4.69, 9.17) is 9.47 Å². The number of halogens is 1. The SMILES string of the molecule is CCNC(=O)C[C@H]1CC[C@H]2[C@@H](COC[C@@H](O)CN2Cc2ccccc2F)O1. The summed E-state index contributed by atoms with van der Waals surface area (Å²) in [7, 11) is 0. The largest absolute Gasteiger partial charge is 0.389 e. The fourth-order valence-electron chi connectivity index (χ4n) is 3.95. The minimum atomic E-state index is -0.620. The number of rotatable bonds is 5. The summed E-state index contributed by atoms with van der Waals surface area (Å²) in [5.41, 5.74) is 0.606. The zero-order valence-electron chi connectivity index (χ0n) is 15.8.